The number of halogens is 1. The largest absolute Gasteiger partial charge is 0.451 e. The summed E-state index contributed by atoms with van der Waals surface area (Å²) in [6.07, 6.45) is 1.87. The molecule has 3 aromatic carbocycles. The topological polar surface area (TPSA) is 93.5 Å². The van der Waals surface area contributed by atoms with Crippen LogP contribution >= 0.6 is 0 Å². The van der Waals surface area contributed by atoms with Crippen LogP contribution in [0.3, 0.4) is 0 Å². The van der Waals surface area contributed by atoms with Gasteiger partial charge in [0.05, 0.1) is 30.3 Å². The zero-order valence-corrected chi connectivity index (χ0v) is 25.3. The van der Waals surface area contributed by atoms with E-state index < -0.39 is 22.8 Å². The third-order valence-electron chi connectivity index (χ3n) is 9.17. The van der Waals surface area contributed by atoms with Crippen LogP contribution in [0.2, 0.25) is 0 Å². The highest BCUT2D eigenvalue weighted by Crippen LogP contribution is 2.50. The number of carbonyl (C=O) groups is 2. The Labute approximate surface area is 258 Å². The van der Waals surface area contributed by atoms with Crippen molar-refractivity contribution in [2.45, 2.75) is 44.9 Å². The molecule has 0 spiro atoms. The van der Waals surface area contributed by atoms with Gasteiger partial charge in [0.1, 0.15) is 22.4 Å². The molecule has 4 aliphatic rings. The first kappa shape index (κ1) is 27.9. The third-order valence-corrected chi connectivity index (χ3v) is 9.17. The predicted molar refractivity (Wildman–Crippen MR) is 166 cm³/mol. The second-order valence-corrected chi connectivity index (χ2v) is 13.1. The van der Waals surface area contributed by atoms with Crippen molar-refractivity contribution in [1.29, 1.82) is 0 Å². The standard InChI is InChI=1S/C34H33FN4O6/c1-34(2,3)45-33(42)38-17-20-14-21(38)16-37(20)29-25(35)15-23-28-31(29)44-26-9-8-19-6-4-5-7-22(19)27(26)39(28)18-24(30(23)40)32(41)36-10-12-43-13-11-36/h4-9,15,18,20-21H,10-14,16-17H2,1-3H3. The van der Waals surface area contributed by atoms with Crippen LogP contribution in [0.15, 0.2) is 53.5 Å². The highest BCUT2D eigenvalue weighted by Gasteiger charge is 2.48. The Morgan fingerprint density at radius 1 is 0.978 bits per heavy atom. The molecular formula is C34H33FN4O6. The number of amides is 2. The molecule has 2 atom stereocenters. The molecule has 2 bridgehead atoms. The maximum atomic E-state index is 16.4. The molecule has 4 aliphatic heterocycles. The summed E-state index contributed by atoms with van der Waals surface area (Å²) in [5, 5.41) is 1.90. The van der Waals surface area contributed by atoms with E-state index in [1.54, 1.807) is 16.0 Å². The van der Waals surface area contributed by atoms with Crippen LogP contribution < -0.4 is 15.1 Å². The lowest BCUT2D eigenvalue weighted by atomic mass is 10.0. The van der Waals surface area contributed by atoms with Gasteiger partial charge in [-0.1, -0.05) is 30.3 Å². The van der Waals surface area contributed by atoms with Crippen molar-refractivity contribution >= 4 is 39.4 Å². The lowest BCUT2D eigenvalue weighted by Crippen LogP contribution is -2.50. The van der Waals surface area contributed by atoms with Gasteiger partial charge in [0.25, 0.3) is 5.91 Å². The number of anilines is 1. The van der Waals surface area contributed by atoms with E-state index >= 15 is 4.39 Å². The third kappa shape index (κ3) is 4.35. The average molecular weight is 613 g/mol. The normalized spacial score (nSPS) is 20.5. The quantitative estimate of drug-likeness (QED) is 0.275. The molecule has 0 N–H and O–H groups in total. The fraction of sp³-hybridized carbons (Fsp3) is 0.382. The number of carbonyl (C=O) groups excluding carboxylic acids is 2. The van der Waals surface area contributed by atoms with Gasteiger partial charge in [-0.05, 0) is 44.7 Å². The van der Waals surface area contributed by atoms with Gasteiger partial charge in [0, 0.05) is 43.8 Å². The molecule has 4 aromatic rings. The van der Waals surface area contributed by atoms with Crippen LogP contribution in [-0.2, 0) is 9.47 Å². The minimum atomic E-state index is -0.621. The maximum absolute atomic E-state index is 16.4. The van der Waals surface area contributed by atoms with E-state index in [-0.39, 0.29) is 40.6 Å². The van der Waals surface area contributed by atoms with Crippen LogP contribution in [0.25, 0.3) is 27.4 Å². The molecule has 1 aromatic heterocycles. The van der Waals surface area contributed by atoms with Gasteiger partial charge in [-0.3, -0.25) is 9.59 Å². The monoisotopic (exact) mass is 612 g/mol. The van der Waals surface area contributed by atoms with Gasteiger partial charge in [0.2, 0.25) is 5.43 Å². The van der Waals surface area contributed by atoms with E-state index in [0.717, 1.165) is 10.8 Å². The second-order valence-electron chi connectivity index (χ2n) is 13.1. The minimum Gasteiger partial charge on any atom is -0.451 e. The Morgan fingerprint density at radius 3 is 2.49 bits per heavy atom. The molecule has 10 nitrogen and oxygen atoms in total. The first-order valence-electron chi connectivity index (χ1n) is 15.3. The summed E-state index contributed by atoms with van der Waals surface area (Å²) in [4.78, 5) is 45.9. The number of likely N-dealkylation sites (tertiary alicyclic amines) is 1. The first-order chi connectivity index (χ1) is 21.6. The number of rotatable bonds is 2. The van der Waals surface area contributed by atoms with Gasteiger partial charge in [-0.15, -0.1) is 0 Å². The van der Waals surface area contributed by atoms with Crippen molar-refractivity contribution in [2.75, 3.05) is 44.3 Å². The molecular weight excluding hydrogens is 579 g/mol. The lowest BCUT2D eigenvalue weighted by Gasteiger charge is -2.38. The zero-order chi connectivity index (χ0) is 31.2. The molecule has 8 rings (SSSR count). The van der Waals surface area contributed by atoms with E-state index in [1.165, 1.54) is 6.07 Å². The number of hydrogen-bond donors (Lipinski definition) is 0. The predicted octanol–water partition coefficient (Wildman–Crippen LogP) is 5.06. The van der Waals surface area contributed by atoms with Crippen molar-refractivity contribution in [1.82, 2.24) is 14.4 Å². The van der Waals surface area contributed by atoms with Gasteiger partial charge in [-0.25, -0.2) is 9.18 Å². The molecule has 45 heavy (non-hydrogen) atoms. The van der Waals surface area contributed by atoms with Crippen LogP contribution in [0.5, 0.6) is 11.5 Å². The summed E-state index contributed by atoms with van der Waals surface area (Å²) in [6, 6.07) is 12.5. The smallest absolute Gasteiger partial charge is 0.410 e. The van der Waals surface area contributed by atoms with E-state index in [0.29, 0.717) is 62.8 Å². The zero-order valence-electron chi connectivity index (χ0n) is 25.3. The van der Waals surface area contributed by atoms with Gasteiger partial charge in [-0.2, -0.15) is 0 Å². The molecule has 0 saturated carbocycles. The summed E-state index contributed by atoms with van der Waals surface area (Å²) < 4.78 is 35.8. The molecule has 0 radical (unpaired) electrons. The van der Waals surface area contributed by atoms with E-state index in [2.05, 4.69) is 0 Å². The first-order valence-corrected chi connectivity index (χ1v) is 15.3. The van der Waals surface area contributed by atoms with E-state index in [4.69, 9.17) is 14.2 Å². The molecule has 2 amide bonds. The molecule has 232 valence electrons. The van der Waals surface area contributed by atoms with Crippen molar-refractivity contribution in [3.8, 4) is 17.2 Å². The molecule has 5 heterocycles. The SMILES string of the molecule is CC(C)(C)OC(=O)N1CC2CC1CN2c1c(F)cc2c(=O)c(C(=O)N3CCOCC3)cn3c2c1Oc1ccc2ccccc2c1-3. The maximum Gasteiger partial charge on any atom is 0.410 e. The Hall–Kier alpha value is -4.64. The summed E-state index contributed by atoms with van der Waals surface area (Å²) in [6.45, 7) is 7.80. The van der Waals surface area contributed by atoms with E-state index in [1.807, 2.05) is 66.6 Å². The summed E-state index contributed by atoms with van der Waals surface area (Å²) in [5.74, 6) is -0.306. The fourth-order valence-corrected chi connectivity index (χ4v) is 7.21. The Bertz CT molecular complexity index is 1980. The summed E-state index contributed by atoms with van der Waals surface area (Å²) in [5.41, 5.74) is 0.138. The van der Waals surface area contributed by atoms with Crippen LogP contribution in [0.4, 0.5) is 14.9 Å². The van der Waals surface area contributed by atoms with Gasteiger partial charge >= 0.3 is 6.09 Å². The van der Waals surface area contributed by atoms with Crippen LogP contribution in [0, 0.1) is 5.82 Å². The van der Waals surface area contributed by atoms with Gasteiger partial charge in [0.15, 0.2) is 17.3 Å². The summed E-state index contributed by atoms with van der Waals surface area (Å²) in [7, 11) is 0. The van der Waals surface area contributed by atoms with Crippen molar-refractivity contribution in [3.63, 3.8) is 0 Å². The molecule has 0 aliphatic carbocycles. The van der Waals surface area contributed by atoms with Gasteiger partial charge < -0.3 is 33.5 Å². The number of piperazine rings is 1. The number of pyridine rings is 1. The number of nitrogens with zero attached hydrogens (tertiary/aromatic N) is 4. The van der Waals surface area contributed by atoms with Crippen molar-refractivity contribution in [3.05, 3.63) is 70.3 Å². The second kappa shape index (κ2) is 9.93. The average Bonchev–Trinajstić information content (AvgIpc) is 3.63. The van der Waals surface area contributed by atoms with E-state index in [9.17, 15) is 14.4 Å². The number of ether oxygens (including phenoxy) is 3. The number of aromatic nitrogens is 1. The molecule has 11 heteroatoms. The Morgan fingerprint density at radius 2 is 1.76 bits per heavy atom. The Kier molecular flexibility index (Phi) is 6.15. The lowest BCUT2D eigenvalue weighted by molar-refractivity contribution is 0.0214. The van der Waals surface area contributed by atoms with Crippen LogP contribution in [0.1, 0.15) is 37.6 Å². The highest BCUT2D eigenvalue weighted by molar-refractivity contribution is 6.04. The van der Waals surface area contributed by atoms with Crippen molar-refractivity contribution < 1.29 is 28.2 Å². The van der Waals surface area contributed by atoms with Crippen LogP contribution in [-0.4, -0.2) is 83.4 Å². The molecule has 2 unspecified atom stereocenters. The fourth-order valence-electron chi connectivity index (χ4n) is 7.21. The number of fused-ring (bicyclic) bond motifs is 6. The minimum absolute atomic E-state index is 0.0310. The number of morpholine rings is 1. The number of benzene rings is 3. The Balaban J connectivity index is 1.29. The number of hydrogen-bond acceptors (Lipinski definition) is 7. The van der Waals surface area contributed by atoms with Crippen molar-refractivity contribution in [2.24, 2.45) is 0 Å². The molecule has 3 fully saturated rings. The summed E-state index contributed by atoms with van der Waals surface area (Å²) >= 11 is 0. The highest BCUT2D eigenvalue weighted by atomic mass is 19.1. The molecule has 3 saturated heterocycles.